The largest absolute Gasteiger partial charge is 0.389 e. The lowest BCUT2D eigenvalue weighted by atomic mass is 10.1. The minimum Gasteiger partial charge on any atom is -0.389 e. The van der Waals surface area contributed by atoms with E-state index in [0.717, 1.165) is 16.6 Å². The van der Waals surface area contributed by atoms with Gasteiger partial charge < -0.3 is 10.0 Å². The standard InChI is InChI=1S/C15H22BrNO/c1-10(2)9-17(13-5-6-13)15-7-4-12(11(3)18)8-14(15)16/h4,7-8,10-11,13,18H,5-6,9H2,1-3H3/t11-/m0/s1. The van der Waals surface area contributed by atoms with Crippen LogP contribution >= 0.6 is 15.9 Å². The molecule has 0 aliphatic heterocycles. The molecule has 0 amide bonds. The van der Waals surface area contributed by atoms with E-state index in [1.54, 1.807) is 6.92 Å². The van der Waals surface area contributed by atoms with E-state index >= 15 is 0 Å². The van der Waals surface area contributed by atoms with Crippen LogP contribution in [-0.2, 0) is 0 Å². The van der Waals surface area contributed by atoms with Gasteiger partial charge in [0, 0.05) is 17.1 Å². The summed E-state index contributed by atoms with van der Waals surface area (Å²) >= 11 is 3.65. The van der Waals surface area contributed by atoms with Crippen LogP contribution in [0.5, 0.6) is 0 Å². The van der Waals surface area contributed by atoms with Crippen LogP contribution in [0, 0.1) is 5.92 Å². The molecule has 1 aromatic rings. The summed E-state index contributed by atoms with van der Waals surface area (Å²) in [6.07, 6.45) is 2.20. The van der Waals surface area contributed by atoms with E-state index in [4.69, 9.17) is 0 Å². The minimum atomic E-state index is -0.408. The van der Waals surface area contributed by atoms with E-state index in [0.29, 0.717) is 12.0 Å². The third-order valence-corrected chi connectivity index (χ3v) is 3.95. The summed E-state index contributed by atoms with van der Waals surface area (Å²) in [5.41, 5.74) is 2.22. The average Bonchev–Trinajstić information content (AvgIpc) is 3.09. The molecule has 18 heavy (non-hydrogen) atoms. The normalized spacial score (nSPS) is 17.0. The van der Waals surface area contributed by atoms with Crippen molar-refractivity contribution in [1.29, 1.82) is 0 Å². The highest BCUT2D eigenvalue weighted by Gasteiger charge is 2.30. The van der Waals surface area contributed by atoms with Crippen LogP contribution < -0.4 is 4.90 Å². The summed E-state index contributed by atoms with van der Waals surface area (Å²) in [4.78, 5) is 2.50. The smallest absolute Gasteiger partial charge is 0.0762 e. The second-order valence-electron chi connectivity index (χ2n) is 5.66. The van der Waals surface area contributed by atoms with Crippen LogP contribution in [0.25, 0.3) is 0 Å². The average molecular weight is 312 g/mol. The number of hydrogen-bond donors (Lipinski definition) is 1. The highest BCUT2D eigenvalue weighted by atomic mass is 79.9. The number of anilines is 1. The van der Waals surface area contributed by atoms with Crippen molar-refractivity contribution in [3.8, 4) is 0 Å². The van der Waals surface area contributed by atoms with E-state index in [1.165, 1.54) is 18.5 Å². The molecule has 1 aliphatic rings. The Bertz CT molecular complexity index is 413. The fourth-order valence-electron chi connectivity index (χ4n) is 2.24. The topological polar surface area (TPSA) is 23.5 Å². The number of aliphatic hydroxyl groups is 1. The third-order valence-electron chi connectivity index (χ3n) is 3.31. The maximum atomic E-state index is 9.61. The highest BCUT2D eigenvalue weighted by molar-refractivity contribution is 9.10. The molecule has 2 rings (SSSR count). The molecule has 1 fully saturated rings. The van der Waals surface area contributed by atoms with Crippen molar-refractivity contribution < 1.29 is 5.11 Å². The van der Waals surface area contributed by atoms with Crippen molar-refractivity contribution in [2.45, 2.75) is 45.8 Å². The van der Waals surface area contributed by atoms with E-state index < -0.39 is 6.10 Å². The van der Waals surface area contributed by atoms with Gasteiger partial charge >= 0.3 is 0 Å². The second-order valence-corrected chi connectivity index (χ2v) is 6.52. The Morgan fingerprint density at radius 3 is 2.44 bits per heavy atom. The molecular formula is C15H22BrNO. The molecule has 0 bridgehead atoms. The Labute approximate surface area is 118 Å². The fraction of sp³-hybridized carbons (Fsp3) is 0.600. The summed E-state index contributed by atoms with van der Waals surface area (Å²) in [5, 5.41) is 9.61. The SMILES string of the molecule is CC(C)CN(c1ccc([C@H](C)O)cc1Br)C1CC1. The number of hydrogen-bond acceptors (Lipinski definition) is 2. The van der Waals surface area contributed by atoms with Gasteiger partial charge in [0.15, 0.2) is 0 Å². The minimum absolute atomic E-state index is 0.408. The van der Waals surface area contributed by atoms with Crippen LogP contribution in [0.3, 0.4) is 0 Å². The van der Waals surface area contributed by atoms with Gasteiger partial charge in [-0.3, -0.25) is 0 Å². The molecule has 100 valence electrons. The summed E-state index contributed by atoms with van der Waals surface area (Å²) in [5.74, 6) is 0.661. The monoisotopic (exact) mass is 311 g/mol. The molecule has 0 radical (unpaired) electrons. The van der Waals surface area contributed by atoms with Gasteiger partial charge in [-0.25, -0.2) is 0 Å². The van der Waals surface area contributed by atoms with Crippen molar-refractivity contribution in [2.75, 3.05) is 11.4 Å². The van der Waals surface area contributed by atoms with Gasteiger partial charge in [0.25, 0.3) is 0 Å². The number of benzene rings is 1. The summed E-state index contributed by atoms with van der Waals surface area (Å²) in [6, 6.07) is 6.91. The van der Waals surface area contributed by atoms with Crippen LogP contribution in [0.1, 0.15) is 45.3 Å². The maximum Gasteiger partial charge on any atom is 0.0762 e. The van der Waals surface area contributed by atoms with Crippen LogP contribution in [0.4, 0.5) is 5.69 Å². The van der Waals surface area contributed by atoms with E-state index in [9.17, 15) is 5.11 Å². The van der Waals surface area contributed by atoms with Crippen molar-refractivity contribution in [2.24, 2.45) is 5.92 Å². The Kier molecular flexibility index (Phi) is 4.33. The van der Waals surface area contributed by atoms with Gasteiger partial charge in [-0.15, -0.1) is 0 Å². The Hall–Kier alpha value is -0.540. The number of aliphatic hydroxyl groups excluding tert-OH is 1. The first-order valence-electron chi connectivity index (χ1n) is 6.73. The molecule has 1 aromatic carbocycles. The molecule has 0 heterocycles. The first-order chi connectivity index (χ1) is 8.49. The Morgan fingerprint density at radius 1 is 1.33 bits per heavy atom. The van der Waals surface area contributed by atoms with E-state index in [-0.39, 0.29) is 0 Å². The number of halogens is 1. The van der Waals surface area contributed by atoms with E-state index in [1.807, 2.05) is 12.1 Å². The maximum absolute atomic E-state index is 9.61. The molecule has 0 aromatic heterocycles. The quantitative estimate of drug-likeness (QED) is 0.884. The van der Waals surface area contributed by atoms with Crippen molar-refractivity contribution >= 4 is 21.6 Å². The Morgan fingerprint density at radius 2 is 2.00 bits per heavy atom. The molecule has 1 saturated carbocycles. The molecule has 1 N–H and O–H groups in total. The zero-order chi connectivity index (χ0) is 13.3. The lowest BCUT2D eigenvalue weighted by Gasteiger charge is -2.28. The van der Waals surface area contributed by atoms with E-state index in [2.05, 4.69) is 40.7 Å². The number of nitrogens with zero attached hydrogens (tertiary/aromatic N) is 1. The van der Waals surface area contributed by atoms with Crippen molar-refractivity contribution in [1.82, 2.24) is 0 Å². The van der Waals surface area contributed by atoms with Gasteiger partial charge in [0.2, 0.25) is 0 Å². The van der Waals surface area contributed by atoms with Crippen molar-refractivity contribution in [3.63, 3.8) is 0 Å². The summed E-state index contributed by atoms with van der Waals surface area (Å²) in [7, 11) is 0. The molecule has 0 spiro atoms. The third kappa shape index (κ3) is 3.27. The van der Waals surface area contributed by atoms with Gasteiger partial charge in [-0.05, 0) is 59.3 Å². The van der Waals surface area contributed by atoms with Crippen molar-refractivity contribution in [3.05, 3.63) is 28.2 Å². The van der Waals surface area contributed by atoms with Gasteiger partial charge in [0.1, 0.15) is 0 Å². The molecule has 0 saturated heterocycles. The van der Waals surface area contributed by atoms with Crippen LogP contribution in [0.15, 0.2) is 22.7 Å². The lowest BCUT2D eigenvalue weighted by molar-refractivity contribution is 0.199. The highest BCUT2D eigenvalue weighted by Crippen LogP contribution is 2.37. The second kappa shape index (κ2) is 5.62. The lowest BCUT2D eigenvalue weighted by Crippen LogP contribution is -2.30. The predicted octanol–water partition coefficient (Wildman–Crippen LogP) is 4.13. The molecule has 3 heteroatoms. The molecular weight excluding hydrogens is 290 g/mol. The summed E-state index contributed by atoms with van der Waals surface area (Å²) < 4.78 is 1.09. The Balaban J connectivity index is 2.24. The molecule has 2 nitrogen and oxygen atoms in total. The summed E-state index contributed by atoms with van der Waals surface area (Å²) in [6.45, 7) is 7.41. The zero-order valence-corrected chi connectivity index (χ0v) is 12.9. The van der Waals surface area contributed by atoms with Gasteiger partial charge in [-0.2, -0.15) is 0 Å². The van der Waals surface area contributed by atoms with Gasteiger partial charge in [-0.1, -0.05) is 19.9 Å². The van der Waals surface area contributed by atoms with Crippen LogP contribution in [0.2, 0.25) is 0 Å². The first kappa shape index (κ1) is 13.9. The molecule has 1 atom stereocenters. The van der Waals surface area contributed by atoms with Crippen LogP contribution in [-0.4, -0.2) is 17.7 Å². The number of rotatable bonds is 5. The molecule has 1 aliphatic carbocycles. The molecule has 0 unspecified atom stereocenters. The first-order valence-corrected chi connectivity index (χ1v) is 7.52. The fourth-order valence-corrected chi connectivity index (χ4v) is 2.86. The zero-order valence-electron chi connectivity index (χ0n) is 11.4. The predicted molar refractivity (Wildman–Crippen MR) is 80.0 cm³/mol. The van der Waals surface area contributed by atoms with Gasteiger partial charge in [0.05, 0.1) is 11.8 Å².